The number of benzene rings is 1. The summed E-state index contributed by atoms with van der Waals surface area (Å²) in [6, 6.07) is 2.03. The summed E-state index contributed by atoms with van der Waals surface area (Å²) in [6.45, 7) is 0.986. The van der Waals surface area contributed by atoms with Gasteiger partial charge < -0.3 is 0 Å². The van der Waals surface area contributed by atoms with Gasteiger partial charge in [0.15, 0.2) is 11.5 Å². The Morgan fingerprint density at radius 3 is 2.16 bits per heavy atom. The van der Waals surface area contributed by atoms with E-state index in [2.05, 4.69) is 4.98 Å². The van der Waals surface area contributed by atoms with E-state index in [1.54, 1.807) is 0 Å². The van der Waals surface area contributed by atoms with Crippen LogP contribution < -0.4 is 5.56 Å². The molecule has 2 heterocycles. The fraction of sp³-hybridized carbons (Fsp3) is 0.111. The number of hydrogen-bond acceptors (Lipinski definition) is 4. The molecule has 0 spiro atoms. The number of nitrogens with zero attached hydrogens (tertiary/aromatic N) is 3. The Bertz CT molecular complexity index is 1360. The van der Waals surface area contributed by atoms with E-state index in [0.717, 1.165) is 6.92 Å². The van der Waals surface area contributed by atoms with Gasteiger partial charge in [0.25, 0.3) is 11.5 Å². The third-order valence-corrected chi connectivity index (χ3v) is 4.22. The lowest BCUT2D eigenvalue weighted by molar-refractivity contribution is -0.144. The highest BCUT2D eigenvalue weighted by Gasteiger charge is 2.40. The highest BCUT2D eigenvalue weighted by Crippen LogP contribution is 2.33. The van der Waals surface area contributed by atoms with Crippen molar-refractivity contribution in [1.82, 2.24) is 14.8 Å². The van der Waals surface area contributed by atoms with Crippen molar-refractivity contribution in [2.24, 2.45) is 0 Å². The Hall–Kier alpha value is -4.02. The molecule has 0 saturated carbocycles. The van der Waals surface area contributed by atoms with Crippen molar-refractivity contribution in [3.05, 3.63) is 79.8 Å². The summed E-state index contributed by atoms with van der Waals surface area (Å²) in [5, 5.41) is 10.6. The third kappa shape index (κ3) is 3.51. The molecule has 0 saturated heterocycles. The molecule has 3 aromatic rings. The number of alkyl halides is 3. The third-order valence-electron chi connectivity index (χ3n) is 4.22. The van der Waals surface area contributed by atoms with Crippen LogP contribution in [0.15, 0.2) is 16.9 Å². The van der Waals surface area contributed by atoms with Crippen LogP contribution in [0, 0.1) is 47.5 Å². The van der Waals surface area contributed by atoms with E-state index in [0.29, 0.717) is 12.1 Å². The van der Waals surface area contributed by atoms with Gasteiger partial charge in [-0.15, -0.1) is 0 Å². The second-order valence-corrected chi connectivity index (χ2v) is 6.23. The van der Waals surface area contributed by atoms with E-state index in [1.165, 1.54) is 6.07 Å². The van der Waals surface area contributed by atoms with Crippen LogP contribution in [0.4, 0.5) is 35.1 Å². The maximum atomic E-state index is 14.3. The summed E-state index contributed by atoms with van der Waals surface area (Å²) in [5.41, 5.74) is -9.20. The molecule has 0 atom stereocenters. The minimum atomic E-state index is -5.56. The van der Waals surface area contributed by atoms with E-state index < -0.39 is 80.5 Å². The summed E-state index contributed by atoms with van der Waals surface area (Å²) >= 11 is 0. The smallest absolute Gasteiger partial charge is 0.294 e. The topological polar surface area (TPSA) is 91.5 Å². The predicted octanol–water partition coefficient (Wildman–Crippen LogP) is 3.69. The zero-order valence-electron chi connectivity index (χ0n) is 15.3. The van der Waals surface area contributed by atoms with Crippen LogP contribution in [0.25, 0.3) is 5.69 Å². The molecule has 14 heteroatoms. The largest absolute Gasteiger partial charge is 0.436 e. The van der Waals surface area contributed by atoms with Crippen LogP contribution in [0.3, 0.4) is 0 Å². The summed E-state index contributed by atoms with van der Waals surface area (Å²) in [7, 11) is 0. The second-order valence-electron chi connectivity index (χ2n) is 6.23. The second kappa shape index (κ2) is 7.59. The number of halogens is 8. The van der Waals surface area contributed by atoms with Crippen molar-refractivity contribution in [3.63, 3.8) is 0 Å². The van der Waals surface area contributed by atoms with Gasteiger partial charge in [0.05, 0.1) is 0 Å². The number of nitriles is 1. The summed E-state index contributed by atoms with van der Waals surface area (Å²) in [6.07, 6.45) is -5.56. The maximum absolute atomic E-state index is 14.3. The number of carbonyl (C=O) groups is 1. The van der Waals surface area contributed by atoms with Crippen LogP contribution in [-0.4, -0.2) is 20.5 Å². The van der Waals surface area contributed by atoms with Crippen molar-refractivity contribution in [1.29, 1.82) is 5.26 Å². The van der Waals surface area contributed by atoms with Crippen molar-refractivity contribution in [2.45, 2.75) is 13.1 Å². The van der Waals surface area contributed by atoms with E-state index in [-0.39, 0.29) is 4.68 Å². The molecular formula is C18H6F8N4O2. The average molecular weight is 462 g/mol. The Morgan fingerprint density at radius 1 is 1.09 bits per heavy atom. The lowest BCUT2D eigenvalue weighted by Gasteiger charge is -2.12. The zero-order valence-corrected chi connectivity index (χ0v) is 15.3. The van der Waals surface area contributed by atoms with E-state index in [9.17, 15) is 44.7 Å². The molecule has 0 fully saturated rings. The van der Waals surface area contributed by atoms with Gasteiger partial charge in [-0.3, -0.25) is 14.7 Å². The first-order valence-corrected chi connectivity index (χ1v) is 8.17. The first-order valence-electron chi connectivity index (χ1n) is 8.17. The summed E-state index contributed by atoms with van der Waals surface area (Å²) in [5.74, 6) is -11.4. The quantitative estimate of drug-likeness (QED) is 0.365. The van der Waals surface area contributed by atoms with E-state index in [1.807, 2.05) is 5.10 Å². The van der Waals surface area contributed by atoms with Gasteiger partial charge in [-0.1, -0.05) is 0 Å². The molecule has 32 heavy (non-hydrogen) atoms. The number of aromatic nitrogens is 3. The van der Waals surface area contributed by atoms with E-state index >= 15 is 0 Å². The van der Waals surface area contributed by atoms with Crippen LogP contribution in [0.5, 0.6) is 0 Å². The molecule has 0 amide bonds. The molecular weight excluding hydrogens is 456 g/mol. The van der Waals surface area contributed by atoms with Gasteiger partial charge in [0, 0.05) is 11.3 Å². The summed E-state index contributed by atoms with van der Waals surface area (Å²) < 4.78 is 108. The lowest BCUT2D eigenvalue weighted by Crippen LogP contribution is -2.25. The molecule has 1 N–H and O–H groups in total. The number of aromatic amines is 1. The minimum Gasteiger partial charge on any atom is -0.294 e. The van der Waals surface area contributed by atoms with Gasteiger partial charge in [0.1, 0.15) is 34.5 Å². The van der Waals surface area contributed by atoms with Crippen molar-refractivity contribution < 1.29 is 39.9 Å². The van der Waals surface area contributed by atoms with Crippen molar-refractivity contribution >= 4 is 5.78 Å². The highest BCUT2D eigenvalue weighted by atomic mass is 19.4. The summed E-state index contributed by atoms with van der Waals surface area (Å²) in [4.78, 5) is 27.3. The fourth-order valence-electron chi connectivity index (χ4n) is 2.81. The Balaban J connectivity index is 2.25. The number of carbonyl (C=O) groups excluding carboxylic acids is 1. The lowest BCUT2D eigenvalue weighted by atomic mass is 10.0. The minimum absolute atomic E-state index is 0.205. The molecule has 0 radical (unpaired) electrons. The molecule has 0 aliphatic carbocycles. The molecule has 0 unspecified atom stereocenters. The Kier molecular flexibility index (Phi) is 5.38. The van der Waals surface area contributed by atoms with Gasteiger partial charge >= 0.3 is 6.18 Å². The van der Waals surface area contributed by atoms with E-state index in [4.69, 9.17) is 5.26 Å². The molecule has 0 aliphatic heterocycles. The maximum Gasteiger partial charge on any atom is 0.436 e. The van der Waals surface area contributed by atoms with Gasteiger partial charge in [-0.2, -0.15) is 27.2 Å². The standard InChI is InChI=1S/C18H6F8N4O2/c1-5-10(14(31)6-2-8(19)7(4-27)9(20)3-6)17(32)30(29-5)13-11(21)15(18(24,25)26)28-16(23)12(13)22/h2-3,29H,1H3. The normalized spacial score (nSPS) is 11.5. The highest BCUT2D eigenvalue weighted by molar-refractivity contribution is 6.09. The number of aryl methyl sites for hydroxylation is 1. The fourth-order valence-corrected chi connectivity index (χ4v) is 2.81. The van der Waals surface area contributed by atoms with Crippen LogP contribution >= 0.6 is 0 Å². The van der Waals surface area contributed by atoms with Crippen LogP contribution in [0.1, 0.15) is 32.9 Å². The van der Waals surface area contributed by atoms with Crippen molar-refractivity contribution in [3.8, 4) is 11.8 Å². The monoisotopic (exact) mass is 462 g/mol. The number of ketones is 1. The molecule has 3 rings (SSSR count). The molecule has 1 aromatic carbocycles. The van der Waals surface area contributed by atoms with Gasteiger partial charge in [0.2, 0.25) is 11.6 Å². The number of pyridine rings is 1. The Morgan fingerprint density at radius 2 is 1.66 bits per heavy atom. The average Bonchev–Trinajstić information content (AvgIpc) is 2.97. The van der Waals surface area contributed by atoms with Crippen molar-refractivity contribution in [2.75, 3.05) is 0 Å². The first kappa shape index (κ1) is 22.7. The zero-order chi connectivity index (χ0) is 24.1. The van der Waals surface area contributed by atoms with Gasteiger partial charge in [-0.25, -0.2) is 22.8 Å². The predicted molar refractivity (Wildman–Crippen MR) is 88.3 cm³/mol. The number of nitrogens with one attached hydrogen (secondary N) is 1. The first-order chi connectivity index (χ1) is 14.8. The van der Waals surface area contributed by atoms with Crippen LogP contribution in [-0.2, 0) is 6.18 Å². The van der Waals surface area contributed by atoms with Crippen LogP contribution in [0.2, 0.25) is 0 Å². The molecule has 0 bridgehead atoms. The molecule has 6 nitrogen and oxygen atoms in total. The SMILES string of the molecule is Cc1[nH]n(-c2c(F)c(F)nc(C(F)(F)F)c2F)c(=O)c1C(=O)c1cc(F)c(C#N)c(F)c1. The number of H-pyrrole nitrogens is 1. The number of hydrogen-bond donors (Lipinski definition) is 1. The number of rotatable bonds is 3. The molecule has 2 aromatic heterocycles. The molecule has 166 valence electrons. The van der Waals surface area contributed by atoms with Gasteiger partial charge in [-0.05, 0) is 19.1 Å². The molecule has 0 aliphatic rings. The Labute approximate surface area is 171 Å².